The normalized spacial score (nSPS) is 25.1. The number of halogens is 4. The van der Waals surface area contributed by atoms with Crippen molar-refractivity contribution in [1.29, 1.82) is 0 Å². The van der Waals surface area contributed by atoms with E-state index in [2.05, 4.69) is 10.1 Å². The summed E-state index contributed by atoms with van der Waals surface area (Å²) < 4.78 is 54.0. The first-order chi connectivity index (χ1) is 10.3. The summed E-state index contributed by atoms with van der Waals surface area (Å²) in [6.07, 6.45) is 1.70. The quantitative estimate of drug-likeness (QED) is 0.463. The number of carbonyl (C=O) groups is 2. The van der Waals surface area contributed by atoms with Gasteiger partial charge < -0.3 is 10.1 Å². The molecule has 1 N–H and O–H groups in total. The van der Waals surface area contributed by atoms with Crippen LogP contribution in [0.1, 0.15) is 25.7 Å². The van der Waals surface area contributed by atoms with Crippen LogP contribution in [-0.2, 0) is 14.3 Å². The van der Waals surface area contributed by atoms with Gasteiger partial charge in [0.15, 0.2) is 6.61 Å². The van der Waals surface area contributed by atoms with Crippen LogP contribution in [0, 0.1) is 11.8 Å². The van der Waals surface area contributed by atoms with Crippen LogP contribution in [0.15, 0.2) is 12.2 Å². The van der Waals surface area contributed by atoms with E-state index in [0.717, 1.165) is 12.8 Å². The molecule has 0 saturated heterocycles. The van der Waals surface area contributed by atoms with Gasteiger partial charge in [-0.25, -0.2) is 8.78 Å². The van der Waals surface area contributed by atoms with Gasteiger partial charge in [0.1, 0.15) is 0 Å². The third-order valence-electron chi connectivity index (χ3n) is 3.72. The van der Waals surface area contributed by atoms with Crippen LogP contribution in [0.2, 0.25) is 0 Å². The maximum atomic E-state index is 12.8. The Balaban J connectivity index is 1.93. The van der Waals surface area contributed by atoms with Gasteiger partial charge in [0.05, 0.1) is 11.8 Å². The van der Waals surface area contributed by atoms with E-state index in [0.29, 0.717) is 6.42 Å². The molecule has 0 spiro atoms. The van der Waals surface area contributed by atoms with Crippen molar-refractivity contribution >= 4 is 11.9 Å². The number of ether oxygens (including phenoxy) is 1. The lowest BCUT2D eigenvalue weighted by atomic mass is 9.82. The summed E-state index contributed by atoms with van der Waals surface area (Å²) in [5, 5.41) is 2.75. The Morgan fingerprint density at radius 2 is 1.77 bits per heavy atom. The van der Waals surface area contributed by atoms with Crippen molar-refractivity contribution in [1.82, 2.24) is 5.32 Å². The minimum absolute atomic E-state index is 0.109. The van der Waals surface area contributed by atoms with Crippen molar-refractivity contribution in [3.63, 3.8) is 0 Å². The summed E-state index contributed by atoms with van der Waals surface area (Å²) in [5.41, 5.74) is 0. The molecule has 22 heavy (non-hydrogen) atoms. The Morgan fingerprint density at radius 3 is 2.32 bits per heavy atom. The second kappa shape index (κ2) is 6.66. The van der Waals surface area contributed by atoms with Crippen LogP contribution < -0.4 is 5.32 Å². The summed E-state index contributed by atoms with van der Waals surface area (Å²) in [5.74, 6) is -7.38. The molecule has 1 fully saturated rings. The highest BCUT2D eigenvalue weighted by Gasteiger charge is 2.44. The molecular weight excluding hydrogens is 306 g/mol. The standard InChI is InChI=1S/C14H17F4NO3/c15-13(16)14(17,18)7-22-12(21)10-4-2-1-3-9(10)11(20)19-8-5-6-8/h1-2,8-10,13H,3-7H2,(H,19,20)/t9-,10-/m0/s1. The molecule has 124 valence electrons. The number of rotatable bonds is 6. The minimum Gasteiger partial charge on any atom is -0.459 e. The second-order valence-electron chi connectivity index (χ2n) is 5.61. The van der Waals surface area contributed by atoms with E-state index in [1.807, 2.05) is 0 Å². The number of alkyl halides is 4. The second-order valence-corrected chi connectivity index (χ2v) is 5.61. The number of carbonyl (C=O) groups excluding carboxylic acids is 2. The monoisotopic (exact) mass is 323 g/mol. The number of hydrogen-bond donors (Lipinski definition) is 1. The van der Waals surface area contributed by atoms with Crippen LogP contribution in [0.25, 0.3) is 0 Å². The molecule has 0 aromatic carbocycles. The third kappa shape index (κ3) is 4.20. The molecule has 1 saturated carbocycles. The van der Waals surface area contributed by atoms with Crippen molar-refractivity contribution in [2.75, 3.05) is 6.61 Å². The van der Waals surface area contributed by atoms with E-state index >= 15 is 0 Å². The maximum absolute atomic E-state index is 12.8. The van der Waals surface area contributed by atoms with Gasteiger partial charge in [0, 0.05) is 6.04 Å². The molecule has 0 radical (unpaired) electrons. The number of esters is 1. The van der Waals surface area contributed by atoms with Gasteiger partial charge >= 0.3 is 18.3 Å². The van der Waals surface area contributed by atoms with Gasteiger partial charge in [0.25, 0.3) is 0 Å². The van der Waals surface area contributed by atoms with Gasteiger partial charge in [-0.05, 0) is 25.7 Å². The SMILES string of the molecule is O=C(NC1CC1)[C@H]1CC=CC[C@@H]1C(=O)OCC(F)(F)C(F)F. The molecule has 0 aromatic heterocycles. The lowest BCUT2D eigenvalue weighted by molar-refractivity contribution is -0.184. The highest BCUT2D eigenvalue weighted by molar-refractivity contribution is 5.86. The Labute approximate surface area is 124 Å². The van der Waals surface area contributed by atoms with Gasteiger partial charge in [-0.2, -0.15) is 8.78 Å². The van der Waals surface area contributed by atoms with Gasteiger partial charge in [-0.1, -0.05) is 12.2 Å². The number of allylic oxidation sites excluding steroid dienone is 2. The molecule has 1 amide bonds. The zero-order chi connectivity index (χ0) is 16.3. The van der Waals surface area contributed by atoms with E-state index in [1.165, 1.54) is 0 Å². The molecule has 4 nitrogen and oxygen atoms in total. The largest absolute Gasteiger partial charge is 0.459 e. The molecule has 0 bridgehead atoms. The first-order valence-corrected chi connectivity index (χ1v) is 7.09. The third-order valence-corrected chi connectivity index (χ3v) is 3.72. The average Bonchev–Trinajstić information content (AvgIpc) is 3.28. The summed E-state index contributed by atoms with van der Waals surface area (Å²) in [4.78, 5) is 23.9. The molecule has 2 atom stereocenters. The fraction of sp³-hybridized carbons (Fsp3) is 0.714. The fourth-order valence-electron chi connectivity index (χ4n) is 2.24. The van der Waals surface area contributed by atoms with Gasteiger partial charge in [-0.3, -0.25) is 9.59 Å². The van der Waals surface area contributed by atoms with Crippen molar-refractivity contribution < 1.29 is 31.9 Å². The van der Waals surface area contributed by atoms with Crippen LogP contribution in [-0.4, -0.2) is 36.9 Å². The first kappa shape index (κ1) is 16.8. The van der Waals surface area contributed by atoms with Crippen molar-refractivity contribution in [3.8, 4) is 0 Å². The molecule has 8 heteroatoms. The van der Waals surface area contributed by atoms with Crippen molar-refractivity contribution in [3.05, 3.63) is 12.2 Å². The Bertz CT molecular complexity index is 463. The number of nitrogens with one attached hydrogen (secondary N) is 1. The van der Waals surface area contributed by atoms with Crippen LogP contribution in [0.4, 0.5) is 17.6 Å². The Kier molecular flexibility index (Phi) is 5.08. The minimum atomic E-state index is -4.38. The predicted molar refractivity (Wildman–Crippen MR) is 68.4 cm³/mol. The van der Waals surface area contributed by atoms with E-state index in [9.17, 15) is 27.2 Å². The van der Waals surface area contributed by atoms with Crippen molar-refractivity contribution in [2.45, 2.75) is 44.1 Å². The Morgan fingerprint density at radius 1 is 1.18 bits per heavy atom. The summed E-state index contributed by atoms with van der Waals surface area (Å²) in [6.45, 7) is -1.68. The summed E-state index contributed by atoms with van der Waals surface area (Å²) >= 11 is 0. The van der Waals surface area contributed by atoms with Gasteiger partial charge in [0.2, 0.25) is 5.91 Å². The van der Waals surface area contributed by atoms with Crippen LogP contribution >= 0.6 is 0 Å². The van der Waals surface area contributed by atoms with Crippen LogP contribution in [0.3, 0.4) is 0 Å². The molecule has 0 aliphatic heterocycles. The smallest absolute Gasteiger partial charge is 0.340 e. The topological polar surface area (TPSA) is 55.4 Å². The average molecular weight is 323 g/mol. The Hall–Kier alpha value is -1.60. The van der Waals surface area contributed by atoms with E-state index in [4.69, 9.17) is 0 Å². The zero-order valence-corrected chi connectivity index (χ0v) is 11.7. The molecule has 0 unspecified atom stereocenters. The maximum Gasteiger partial charge on any atom is 0.340 e. The lowest BCUT2D eigenvalue weighted by Crippen LogP contribution is -2.41. The highest BCUT2D eigenvalue weighted by Crippen LogP contribution is 2.30. The molecule has 0 aromatic rings. The number of amides is 1. The highest BCUT2D eigenvalue weighted by atomic mass is 19.3. The zero-order valence-electron chi connectivity index (χ0n) is 11.7. The molecule has 2 rings (SSSR count). The molecular formula is C14H17F4NO3. The van der Waals surface area contributed by atoms with E-state index in [1.54, 1.807) is 12.2 Å². The number of hydrogen-bond acceptors (Lipinski definition) is 3. The molecule has 2 aliphatic carbocycles. The molecule has 2 aliphatic rings. The molecule has 0 heterocycles. The lowest BCUT2D eigenvalue weighted by Gasteiger charge is -2.26. The van der Waals surface area contributed by atoms with Crippen molar-refractivity contribution in [2.24, 2.45) is 11.8 Å². The van der Waals surface area contributed by atoms with E-state index in [-0.39, 0.29) is 18.4 Å². The summed E-state index contributed by atoms with van der Waals surface area (Å²) in [7, 11) is 0. The summed E-state index contributed by atoms with van der Waals surface area (Å²) in [6, 6.07) is 0.109. The van der Waals surface area contributed by atoms with Gasteiger partial charge in [-0.15, -0.1) is 0 Å². The van der Waals surface area contributed by atoms with E-state index < -0.39 is 36.8 Å². The first-order valence-electron chi connectivity index (χ1n) is 7.09. The van der Waals surface area contributed by atoms with Crippen LogP contribution in [0.5, 0.6) is 0 Å². The predicted octanol–water partition coefficient (Wildman–Crippen LogP) is 2.29. The fourth-order valence-corrected chi connectivity index (χ4v) is 2.24.